The first-order chi connectivity index (χ1) is 11.4. The number of thioether (sulfide) groups is 1. The van der Waals surface area contributed by atoms with Crippen LogP contribution >= 0.6 is 23.4 Å². The normalized spacial score (nSPS) is 11.7. The van der Waals surface area contributed by atoms with Crippen molar-refractivity contribution in [1.29, 1.82) is 0 Å². The first kappa shape index (κ1) is 16.8. The van der Waals surface area contributed by atoms with Gasteiger partial charge in [0.05, 0.1) is 16.3 Å². The quantitative estimate of drug-likeness (QED) is 0.597. The molecule has 2 heterocycles. The molecule has 0 fully saturated rings. The van der Waals surface area contributed by atoms with Crippen LogP contribution in [-0.2, 0) is 11.9 Å². The van der Waals surface area contributed by atoms with Gasteiger partial charge in [0.15, 0.2) is 0 Å². The second kappa shape index (κ2) is 6.82. The van der Waals surface area contributed by atoms with Crippen LogP contribution in [0.2, 0.25) is 5.02 Å². The van der Waals surface area contributed by atoms with E-state index < -0.39 is 11.7 Å². The van der Waals surface area contributed by atoms with Crippen molar-refractivity contribution >= 4 is 23.4 Å². The number of halogens is 4. The summed E-state index contributed by atoms with van der Waals surface area (Å²) in [5, 5.41) is 4.06. The zero-order chi connectivity index (χ0) is 17.2. The number of hydrogen-bond donors (Lipinski definition) is 0. The van der Waals surface area contributed by atoms with Crippen LogP contribution in [0.3, 0.4) is 0 Å². The number of pyridine rings is 1. The Kier molecular flexibility index (Phi) is 4.77. The number of benzene rings is 1. The molecule has 3 rings (SSSR count). The maximum Gasteiger partial charge on any atom is 0.417 e. The summed E-state index contributed by atoms with van der Waals surface area (Å²) in [7, 11) is 0. The van der Waals surface area contributed by atoms with Crippen molar-refractivity contribution in [2.24, 2.45) is 0 Å². The Morgan fingerprint density at radius 3 is 2.58 bits per heavy atom. The van der Waals surface area contributed by atoms with Crippen molar-refractivity contribution in [3.05, 3.63) is 59.1 Å². The average molecular weight is 372 g/mol. The van der Waals surface area contributed by atoms with Gasteiger partial charge in [-0.25, -0.2) is 4.98 Å². The van der Waals surface area contributed by atoms with Gasteiger partial charge in [-0.05, 0) is 6.07 Å². The number of aromatic nitrogens is 3. The molecular formula is C15H9ClF3N3OS. The summed E-state index contributed by atoms with van der Waals surface area (Å²) in [6.07, 6.45) is -3.73. The van der Waals surface area contributed by atoms with E-state index in [2.05, 4.69) is 15.1 Å². The minimum atomic E-state index is -4.48. The molecule has 0 radical (unpaired) electrons. The molecule has 0 amide bonds. The molecule has 0 unspecified atom stereocenters. The fourth-order valence-electron chi connectivity index (χ4n) is 1.83. The van der Waals surface area contributed by atoms with Gasteiger partial charge in [-0.1, -0.05) is 58.9 Å². The Labute approximate surface area is 144 Å². The highest BCUT2D eigenvalue weighted by atomic mass is 35.5. The largest absolute Gasteiger partial charge is 0.417 e. The third-order valence-corrected chi connectivity index (χ3v) is 4.36. The molecule has 0 saturated heterocycles. The van der Waals surface area contributed by atoms with Gasteiger partial charge in [-0.3, -0.25) is 0 Å². The topological polar surface area (TPSA) is 51.8 Å². The summed E-state index contributed by atoms with van der Waals surface area (Å²) in [5.74, 6) is 1.02. The van der Waals surface area contributed by atoms with Gasteiger partial charge in [-0.15, -0.1) is 0 Å². The molecule has 0 aliphatic carbocycles. The van der Waals surface area contributed by atoms with Crippen LogP contribution in [0.4, 0.5) is 13.2 Å². The Bertz CT molecular complexity index is 839. The van der Waals surface area contributed by atoms with Crippen LogP contribution in [0, 0.1) is 0 Å². The van der Waals surface area contributed by atoms with Crippen molar-refractivity contribution in [3.63, 3.8) is 0 Å². The van der Waals surface area contributed by atoms with E-state index in [9.17, 15) is 13.2 Å². The molecule has 9 heteroatoms. The molecule has 0 aliphatic rings. The molecule has 4 nitrogen and oxygen atoms in total. The summed E-state index contributed by atoms with van der Waals surface area (Å²) in [5.41, 5.74) is -0.0795. The summed E-state index contributed by atoms with van der Waals surface area (Å²) >= 11 is 6.97. The van der Waals surface area contributed by atoms with Gasteiger partial charge in [0.2, 0.25) is 11.7 Å². The Balaban J connectivity index is 1.69. The summed E-state index contributed by atoms with van der Waals surface area (Å²) < 4.78 is 42.9. The van der Waals surface area contributed by atoms with E-state index in [-0.39, 0.29) is 15.8 Å². The van der Waals surface area contributed by atoms with E-state index in [4.69, 9.17) is 16.1 Å². The minimum Gasteiger partial charge on any atom is -0.338 e. The summed E-state index contributed by atoms with van der Waals surface area (Å²) in [6, 6.07) is 10.1. The fourth-order valence-corrected chi connectivity index (χ4v) is 2.87. The highest BCUT2D eigenvalue weighted by Crippen LogP contribution is 2.34. The predicted octanol–water partition coefficient (Wildman–Crippen LogP) is 5.10. The van der Waals surface area contributed by atoms with Gasteiger partial charge < -0.3 is 4.52 Å². The molecule has 0 spiro atoms. The highest BCUT2D eigenvalue weighted by Gasteiger charge is 2.31. The van der Waals surface area contributed by atoms with E-state index >= 15 is 0 Å². The lowest BCUT2D eigenvalue weighted by Crippen LogP contribution is -2.05. The molecule has 0 atom stereocenters. The third-order valence-electron chi connectivity index (χ3n) is 2.97. The molecule has 1 aromatic carbocycles. The second-order valence-electron chi connectivity index (χ2n) is 4.68. The van der Waals surface area contributed by atoms with Crippen molar-refractivity contribution in [2.45, 2.75) is 17.0 Å². The first-order valence-electron chi connectivity index (χ1n) is 6.67. The molecule has 0 bridgehead atoms. The molecule has 124 valence electrons. The molecule has 24 heavy (non-hydrogen) atoms. The molecule has 2 aromatic heterocycles. The van der Waals surface area contributed by atoms with Gasteiger partial charge in [0, 0.05) is 11.8 Å². The Morgan fingerprint density at radius 1 is 1.17 bits per heavy atom. The van der Waals surface area contributed by atoms with Crippen molar-refractivity contribution in [2.75, 3.05) is 0 Å². The number of nitrogens with zero attached hydrogens (tertiary/aromatic N) is 3. The minimum absolute atomic E-state index is 0.0716. The van der Waals surface area contributed by atoms with E-state index in [1.54, 1.807) is 0 Å². The zero-order valence-corrected chi connectivity index (χ0v) is 13.5. The van der Waals surface area contributed by atoms with Crippen molar-refractivity contribution < 1.29 is 17.7 Å². The maximum atomic E-state index is 12.6. The standard InChI is InChI=1S/C15H9ClF3N3OS/c16-11-6-10(15(17,18)19)7-20-14(11)24-8-12-21-13(22-23-12)9-4-2-1-3-5-9/h1-7H,8H2. The fraction of sp³-hybridized carbons (Fsp3) is 0.133. The molecular weight excluding hydrogens is 363 g/mol. The highest BCUT2D eigenvalue weighted by molar-refractivity contribution is 7.98. The summed E-state index contributed by atoms with van der Waals surface area (Å²) in [4.78, 5) is 7.98. The lowest BCUT2D eigenvalue weighted by molar-refractivity contribution is -0.137. The number of rotatable bonds is 4. The van der Waals surface area contributed by atoms with E-state index in [1.165, 1.54) is 0 Å². The van der Waals surface area contributed by atoms with Crippen LogP contribution in [-0.4, -0.2) is 15.1 Å². The van der Waals surface area contributed by atoms with Crippen LogP contribution in [0.1, 0.15) is 11.5 Å². The number of alkyl halides is 3. The summed E-state index contributed by atoms with van der Waals surface area (Å²) in [6.45, 7) is 0. The van der Waals surface area contributed by atoms with E-state index in [0.29, 0.717) is 11.7 Å². The van der Waals surface area contributed by atoms with Crippen LogP contribution in [0.25, 0.3) is 11.4 Å². The lowest BCUT2D eigenvalue weighted by Gasteiger charge is -2.08. The molecule has 0 N–H and O–H groups in total. The monoisotopic (exact) mass is 371 g/mol. The first-order valence-corrected chi connectivity index (χ1v) is 8.03. The predicted molar refractivity (Wildman–Crippen MR) is 83.5 cm³/mol. The maximum absolute atomic E-state index is 12.6. The van der Waals surface area contributed by atoms with Gasteiger partial charge in [0.25, 0.3) is 0 Å². The van der Waals surface area contributed by atoms with Crippen LogP contribution < -0.4 is 0 Å². The SMILES string of the molecule is FC(F)(F)c1cnc(SCc2nc(-c3ccccc3)no2)c(Cl)c1. The van der Waals surface area contributed by atoms with Crippen molar-refractivity contribution in [3.8, 4) is 11.4 Å². The second-order valence-corrected chi connectivity index (χ2v) is 6.05. The molecule has 3 aromatic rings. The average Bonchev–Trinajstić information content (AvgIpc) is 3.02. The smallest absolute Gasteiger partial charge is 0.338 e. The molecule has 0 aliphatic heterocycles. The number of hydrogen-bond acceptors (Lipinski definition) is 5. The third kappa shape index (κ3) is 3.88. The van der Waals surface area contributed by atoms with Crippen molar-refractivity contribution in [1.82, 2.24) is 15.1 Å². The van der Waals surface area contributed by atoms with E-state index in [1.807, 2.05) is 30.3 Å². The van der Waals surface area contributed by atoms with Gasteiger partial charge in [-0.2, -0.15) is 18.2 Å². The van der Waals surface area contributed by atoms with E-state index in [0.717, 1.165) is 29.6 Å². The Hall–Kier alpha value is -2.06. The Morgan fingerprint density at radius 2 is 1.92 bits per heavy atom. The van der Waals surface area contributed by atoms with Crippen LogP contribution in [0.5, 0.6) is 0 Å². The molecule has 0 saturated carbocycles. The lowest BCUT2D eigenvalue weighted by atomic mass is 10.2. The van der Waals surface area contributed by atoms with Gasteiger partial charge >= 0.3 is 6.18 Å². The van der Waals surface area contributed by atoms with Crippen LogP contribution in [0.15, 0.2) is 52.1 Å². The van der Waals surface area contributed by atoms with Gasteiger partial charge in [0.1, 0.15) is 5.03 Å². The zero-order valence-electron chi connectivity index (χ0n) is 11.9.